The molecule has 190 valence electrons. The summed E-state index contributed by atoms with van der Waals surface area (Å²) in [5, 5.41) is 3.03. The van der Waals surface area contributed by atoms with E-state index in [0.29, 0.717) is 24.5 Å². The van der Waals surface area contributed by atoms with E-state index in [0.717, 1.165) is 14.7 Å². The van der Waals surface area contributed by atoms with E-state index in [4.69, 9.17) is 9.47 Å². The second-order valence-electron chi connectivity index (χ2n) is 8.96. The second kappa shape index (κ2) is 13.9. The Morgan fingerprint density at radius 3 is 2.28 bits per heavy atom. The highest BCUT2D eigenvalue weighted by Gasteiger charge is 2.30. The van der Waals surface area contributed by atoms with Crippen LogP contribution in [0.25, 0.3) is 0 Å². The summed E-state index contributed by atoms with van der Waals surface area (Å²) < 4.78 is 12.3. The number of rotatable bonds is 12. The average Bonchev–Trinajstić information content (AvgIpc) is 2.89. The maximum absolute atomic E-state index is 13.6. The van der Waals surface area contributed by atoms with Crippen LogP contribution in [0.5, 0.6) is 11.5 Å². The van der Waals surface area contributed by atoms with E-state index >= 15 is 0 Å². The molecule has 0 bridgehead atoms. The number of carbonyl (C=O) groups excluding carboxylic acids is 2. The Bertz CT molecular complexity index is 1120. The van der Waals surface area contributed by atoms with Gasteiger partial charge in [-0.3, -0.25) is 9.59 Å². The molecule has 7 heteroatoms. The quantitative estimate of drug-likeness (QED) is 0.294. The lowest BCUT2D eigenvalue weighted by molar-refractivity contribution is -0.142. The van der Waals surface area contributed by atoms with Crippen LogP contribution in [0.2, 0.25) is 0 Å². The first kappa shape index (κ1) is 27.5. The van der Waals surface area contributed by atoms with Gasteiger partial charge in [-0.25, -0.2) is 0 Å². The van der Waals surface area contributed by atoms with E-state index in [1.807, 2.05) is 92.7 Å². The van der Waals surface area contributed by atoms with E-state index in [1.165, 1.54) is 0 Å². The molecule has 1 N–H and O–H groups in total. The maximum Gasteiger partial charge on any atom is 0.261 e. The summed E-state index contributed by atoms with van der Waals surface area (Å²) in [5.41, 5.74) is 1.84. The number of nitrogens with zero attached hydrogens (tertiary/aromatic N) is 1. The second-order valence-corrected chi connectivity index (χ2v) is 10.2. The van der Waals surface area contributed by atoms with Gasteiger partial charge in [0.25, 0.3) is 5.91 Å². The molecule has 0 fully saturated rings. The molecule has 0 saturated heterocycles. The monoisotopic (exact) mass is 600 g/mol. The summed E-state index contributed by atoms with van der Waals surface area (Å²) in [5.74, 6) is 1.14. The average molecular weight is 600 g/mol. The third kappa shape index (κ3) is 8.55. The van der Waals surface area contributed by atoms with Crippen molar-refractivity contribution in [2.24, 2.45) is 5.92 Å². The summed E-state index contributed by atoms with van der Waals surface area (Å²) in [7, 11) is 1.61. The summed E-state index contributed by atoms with van der Waals surface area (Å²) in [6.07, 6.45) is 0.393. The lowest BCUT2D eigenvalue weighted by Gasteiger charge is -2.31. The fraction of sp³-hybridized carbons (Fsp3) is 0.310. The van der Waals surface area contributed by atoms with Crippen molar-refractivity contribution in [1.29, 1.82) is 0 Å². The predicted molar refractivity (Wildman–Crippen MR) is 150 cm³/mol. The molecule has 0 saturated carbocycles. The first-order valence-corrected chi connectivity index (χ1v) is 13.1. The normalized spacial score (nSPS) is 11.6. The maximum atomic E-state index is 13.6. The van der Waals surface area contributed by atoms with Gasteiger partial charge < -0.3 is 19.7 Å². The van der Waals surface area contributed by atoms with Gasteiger partial charge in [0.05, 0.1) is 7.11 Å². The highest BCUT2D eigenvalue weighted by atomic mass is 127. The van der Waals surface area contributed by atoms with Crippen LogP contribution in [0.1, 0.15) is 25.0 Å². The minimum atomic E-state index is -0.704. The summed E-state index contributed by atoms with van der Waals surface area (Å²) in [6, 6.07) is 24.1. The van der Waals surface area contributed by atoms with Gasteiger partial charge in [0.2, 0.25) is 5.91 Å². The summed E-state index contributed by atoms with van der Waals surface area (Å²) in [4.78, 5) is 28.7. The zero-order valence-corrected chi connectivity index (χ0v) is 23.1. The standard InChI is InChI=1S/C29H33IN2O4/c1-21(2)18-31-29(34)27(17-22-8-5-4-6-9-22)32(19-23-10-7-11-26(16-23)35-3)28(33)20-36-25-14-12-24(30)13-15-25/h4-16,21,27H,17-20H2,1-3H3,(H,31,34). The molecule has 36 heavy (non-hydrogen) atoms. The SMILES string of the molecule is COc1cccc(CN(C(=O)COc2ccc(I)cc2)C(Cc2ccccc2)C(=O)NCC(C)C)c1. The van der Waals surface area contributed by atoms with Crippen LogP contribution in [0.15, 0.2) is 78.9 Å². The van der Waals surface area contributed by atoms with Crippen molar-refractivity contribution in [3.63, 3.8) is 0 Å². The van der Waals surface area contributed by atoms with E-state index < -0.39 is 6.04 Å². The third-order valence-corrected chi connectivity index (χ3v) is 6.34. The molecule has 0 heterocycles. The summed E-state index contributed by atoms with van der Waals surface area (Å²) in [6.45, 7) is 4.69. The zero-order valence-electron chi connectivity index (χ0n) is 20.9. The molecule has 3 aromatic carbocycles. The van der Waals surface area contributed by atoms with Crippen LogP contribution in [0, 0.1) is 9.49 Å². The molecule has 3 aromatic rings. The number of nitrogens with one attached hydrogen (secondary N) is 1. The Kier molecular flexibility index (Phi) is 10.6. The van der Waals surface area contributed by atoms with E-state index in [9.17, 15) is 9.59 Å². The van der Waals surface area contributed by atoms with Gasteiger partial charge in [0.1, 0.15) is 17.5 Å². The van der Waals surface area contributed by atoms with E-state index in [2.05, 4.69) is 27.9 Å². The van der Waals surface area contributed by atoms with Crippen LogP contribution >= 0.6 is 22.6 Å². The fourth-order valence-corrected chi connectivity index (χ4v) is 4.06. The largest absolute Gasteiger partial charge is 0.497 e. The van der Waals surface area contributed by atoms with Crippen LogP contribution < -0.4 is 14.8 Å². The highest BCUT2D eigenvalue weighted by Crippen LogP contribution is 2.19. The van der Waals surface area contributed by atoms with Gasteiger partial charge in [-0.1, -0.05) is 56.3 Å². The topological polar surface area (TPSA) is 67.9 Å². The lowest BCUT2D eigenvalue weighted by atomic mass is 10.0. The molecular formula is C29H33IN2O4. The highest BCUT2D eigenvalue weighted by molar-refractivity contribution is 14.1. The minimum Gasteiger partial charge on any atom is -0.497 e. The summed E-state index contributed by atoms with van der Waals surface area (Å²) >= 11 is 2.22. The van der Waals surface area contributed by atoms with Gasteiger partial charge in [-0.15, -0.1) is 0 Å². The molecule has 0 aliphatic carbocycles. The number of amides is 2. The van der Waals surface area contributed by atoms with E-state index in [-0.39, 0.29) is 30.9 Å². The van der Waals surface area contributed by atoms with Gasteiger partial charge in [-0.2, -0.15) is 0 Å². The number of halogens is 1. The van der Waals surface area contributed by atoms with Crippen LogP contribution in [-0.2, 0) is 22.6 Å². The molecule has 3 rings (SSSR count). The van der Waals surface area contributed by atoms with Crippen LogP contribution in [-0.4, -0.2) is 43.0 Å². The van der Waals surface area contributed by atoms with Crippen molar-refractivity contribution in [3.05, 3.63) is 93.6 Å². The van der Waals surface area contributed by atoms with E-state index in [1.54, 1.807) is 12.0 Å². The van der Waals surface area contributed by atoms with Crippen molar-refractivity contribution in [3.8, 4) is 11.5 Å². The first-order valence-electron chi connectivity index (χ1n) is 12.0. The van der Waals surface area contributed by atoms with Crippen molar-refractivity contribution in [2.45, 2.75) is 32.9 Å². The Hall–Kier alpha value is -3.07. The molecule has 2 amide bonds. The smallest absolute Gasteiger partial charge is 0.261 e. The Labute approximate surface area is 227 Å². The van der Waals surface area contributed by atoms with Gasteiger partial charge in [-0.05, 0) is 76.0 Å². The van der Waals surface area contributed by atoms with Crippen molar-refractivity contribution >= 4 is 34.4 Å². The molecule has 0 aliphatic heterocycles. The number of methoxy groups -OCH3 is 1. The Balaban J connectivity index is 1.90. The number of hydrogen-bond donors (Lipinski definition) is 1. The van der Waals surface area contributed by atoms with Gasteiger partial charge in [0, 0.05) is 23.1 Å². The zero-order chi connectivity index (χ0) is 25.9. The Morgan fingerprint density at radius 2 is 1.61 bits per heavy atom. The van der Waals surface area contributed by atoms with Crippen LogP contribution in [0.3, 0.4) is 0 Å². The van der Waals surface area contributed by atoms with Crippen molar-refractivity contribution in [1.82, 2.24) is 10.2 Å². The molecule has 0 spiro atoms. The molecule has 6 nitrogen and oxygen atoms in total. The molecule has 1 unspecified atom stereocenters. The molecule has 0 aliphatic rings. The third-order valence-electron chi connectivity index (χ3n) is 5.62. The van der Waals surface area contributed by atoms with Crippen LogP contribution in [0.4, 0.5) is 0 Å². The fourth-order valence-electron chi connectivity index (χ4n) is 3.70. The number of ether oxygens (including phenoxy) is 2. The minimum absolute atomic E-state index is 0.173. The predicted octanol–water partition coefficient (Wildman–Crippen LogP) is 5.09. The molecule has 1 atom stereocenters. The molecular weight excluding hydrogens is 567 g/mol. The lowest BCUT2D eigenvalue weighted by Crippen LogP contribution is -2.52. The number of hydrogen-bond acceptors (Lipinski definition) is 4. The number of carbonyl (C=O) groups is 2. The van der Waals surface area contributed by atoms with Crippen molar-refractivity contribution in [2.75, 3.05) is 20.3 Å². The molecule has 0 radical (unpaired) electrons. The van der Waals surface area contributed by atoms with Crippen molar-refractivity contribution < 1.29 is 19.1 Å². The van der Waals surface area contributed by atoms with Gasteiger partial charge in [0.15, 0.2) is 6.61 Å². The first-order chi connectivity index (χ1) is 17.4. The Morgan fingerprint density at radius 1 is 0.917 bits per heavy atom. The number of benzene rings is 3. The van der Waals surface area contributed by atoms with Gasteiger partial charge >= 0.3 is 0 Å². The molecule has 0 aromatic heterocycles.